The molecule has 1 saturated heterocycles. The van der Waals surface area contributed by atoms with E-state index in [2.05, 4.69) is 29.0 Å². The highest BCUT2D eigenvalue weighted by Gasteiger charge is 2.47. The number of unbranched alkanes of at least 4 members (excludes halogenated alkanes) is 2. The van der Waals surface area contributed by atoms with E-state index in [0.717, 1.165) is 55.1 Å². The number of likely N-dealkylation sites (tertiary alicyclic amines) is 1. The van der Waals surface area contributed by atoms with Gasteiger partial charge in [-0.2, -0.15) is 0 Å². The Balaban J connectivity index is 1.59. The van der Waals surface area contributed by atoms with Crippen LogP contribution in [0.3, 0.4) is 0 Å². The number of benzene rings is 1. The van der Waals surface area contributed by atoms with Gasteiger partial charge in [0.1, 0.15) is 0 Å². The van der Waals surface area contributed by atoms with Gasteiger partial charge in [-0.3, -0.25) is 9.59 Å². The first-order valence-electron chi connectivity index (χ1n) is 10.6. The lowest BCUT2D eigenvalue weighted by Crippen LogP contribution is -2.31. The monoisotopic (exact) mass is 392 g/mol. The Labute approximate surface area is 170 Å². The highest BCUT2D eigenvalue weighted by molar-refractivity contribution is 6.39. The van der Waals surface area contributed by atoms with Crippen molar-refractivity contribution in [3.05, 3.63) is 54.7 Å². The second kappa shape index (κ2) is 8.64. The summed E-state index contributed by atoms with van der Waals surface area (Å²) in [6.45, 7) is 3.51. The number of ketones is 1. The molecular weight excluding hydrogens is 364 g/mol. The lowest BCUT2D eigenvalue weighted by atomic mass is 9.88. The number of Topliss-reactive ketones (excluding diaryl/α,β-unsaturated/α-hetero) is 1. The molecule has 0 saturated carbocycles. The van der Waals surface area contributed by atoms with Gasteiger partial charge in [-0.25, -0.2) is 4.98 Å². The van der Waals surface area contributed by atoms with Gasteiger partial charge in [0.15, 0.2) is 0 Å². The SMILES string of the molecule is CCCCCC1C(=O)C(=O)N(CCCn2ccnc2)C1c1ccc2[nH]ccc2c1. The predicted molar refractivity (Wildman–Crippen MR) is 112 cm³/mol. The smallest absolute Gasteiger partial charge is 0.290 e. The van der Waals surface area contributed by atoms with Crippen molar-refractivity contribution < 1.29 is 9.59 Å². The topological polar surface area (TPSA) is 71.0 Å². The number of nitrogens with one attached hydrogen (secondary N) is 1. The molecule has 29 heavy (non-hydrogen) atoms. The fourth-order valence-electron chi connectivity index (χ4n) is 4.44. The average molecular weight is 393 g/mol. The molecule has 6 heteroatoms. The zero-order chi connectivity index (χ0) is 20.2. The van der Waals surface area contributed by atoms with Gasteiger partial charge in [0.05, 0.1) is 18.3 Å². The molecule has 1 amide bonds. The summed E-state index contributed by atoms with van der Waals surface area (Å²) in [5.74, 6) is -0.794. The number of nitrogens with zero attached hydrogens (tertiary/aromatic N) is 3. The Hall–Kier alpha value is -2.89. The van der Waals surface area contributed by atoms with Crippen molar-refractivity contribution in [1.29, 1.82) is 0 Å². The summed E-state index contributed by atoms with van der Waals surface area (Å²) in [5, 5.41) is 1.11. The molecule has 2 unspecified atom stereocenters. The van der Waals surface area contributed by atoms with Gasteiger partial charge in [0.2, 0.25) is 5.78 Å². The summed E-state index contributed by atoms with van der Waals surface area (Å²) in [6, 6.07) is 8.09. The van der Waals surface area contributed by atoms with Gasteiger partial charge in [0, 0.05) is 37.2 Å². The van der Waals surface area contributed by atoms with Gasteiger partial charge >= 0.3 is 0 Å². The van der Waals surface area contributed by atoms with Gasteiger partial charge in [-0.1, -0.05) is 32.3 Å². The number of amides is 1. The van der Waals surface area contributed by atoms with Gasteiger partial charge in [-0.05, 0) is 42.0 Å². The van der Waals surface area contributed by atoms with Crippen LogP contribution in [-0.4, -0.2) is 37.7 Å². The van der Waals surface area contributed by atoms with Gasteiger partial charge in [0.25, 0.3) is 5.91 Å². The molecular formula is C23H28N4O2. The minimum absolute atomic E-state index is 0.172. The second-order valence-electron chi connectivity index (χ2n) is 7.89. The predicted octanol–water partition coefficient (Wildman–Crippen LogP) is 4.10. The molecule has 1 fully saturated rings. The molecule has 6 nitrogen and oxygen atoms in total. The fraction of sp³-hybridized carbons (Fsp3) is 0.435. The molecule has 1 aromatic carbocycles. The minimum atomic E-state index is -0.323. The van der Waals surface area contributed by atoms with E-state index in [1.807, 2.05) is 34.0 Å². The Morgan fingerprint density at radius 3 is 2.79 bits per heavy atom. The number of carbonyl (C=O) groups excluding carboxylic acids is 2. The molecule has 1 aliphatic rings. The van der Waals surface area contributed by atoms with Crippen molar-refractivity contribution in [1.82, 2.24) is 19.4 Å². The molecule has 2 aromatic heterocycles. The number of fused-ring (bicyclic) bond motifs is 1. The number of aryl methyl sites for hydroxylation is 1. The Kier molecular flexibility index (Phi) is 5.79. The van der Waals surface area contributed by atoms with Crippen LogP contribution in [0.1, 0.15) is 50.6 Å². The zero-order valence-corrected chi connectivity index (χ0v) is 16.9. The summed E-state index contributed by atoms with van der Waals surface area (Å²) >= 11 is 0. The molecule has 0 bridgehead atoms. The molecule has 3 aromatic rings. The van der Waals surface area contributed by atoms with Crippen molar-refractivity contribution in [3.8, 4) is 0 Å². The van der Waals surface area contributed by atoms with Crippen molar-refractivity contribution in [2.45, 2.75) is 51.6 Å². The van der Waals surface area contributed by atoms with E-state index in [-0.39, 0.29) is 23.7 Å². The summed E-state index contributed by atoms with van der Waals surface area (Å²) in [5.41, 5.74) is 2.12. The zero-order valence-electron chi connectivity index (χ0n) is 16.9. The maximum Gasteiger partial charge on any atom is 0.290 e. The first-order chi connectivity index (χ1) is 14.2. The normalized spacial score (nSPS) is 19.6. The van der Waals surface area contributed by atoms with Crippen LogP contribution in [0.2, 0.25) is 0 Å². The van der Waals surface area contributed by atoms with Crippen LogP contribution in [0.5, 0.6) is 0 Å². The molecule has 2 atom stereocenters. The van der Waals surface area contributed by atoms with E-state index in [1.54, 1.807) is 12.5 Å². The largest absolute Gasteiger partial charge is 0.361 e. The van der Waals surface area contributed by atoms with Crippen LogP contribution in [0.25, 0.3) is 10.9 Å². The van der Waals surface area contributed by atoms with Gasteiger partial charge < -0.3 is 14.5 Å². The summed E-state index contributed by atoms with van der Waals surface area (Å²) < 4.78 is 2.00. The third-order valence-corrected chi connectivity index (χ3v) is 5.94. The maximum absolute atomic E-state index is 12.9. The lowest BCUT2D eigenvalue weighted by Gasteiger charge is -2.28. The van der Waals surface area contributed by atoms with Crippen LogP contribution in [-0.2, 0) is 16.1 Å². The third-order valence-electron chi connectivity index (χ3n) is 5.94. The number of imidazole rings is 1. The first-order valence-corrected chi connectivity index (χ1v) is 10.6. The van der Waals surface area contributed by atoms with E-state index >= 15 is 0 Å². The number of H-pyrrole nitrogens is 1. The molecule has 3 heterocycles. The van der Waals surface area contributed by atoms with Crippen molar-refractivity contribution in [2.24, 2.45) is 5.92 Å². The molecule has 0 spiro atoms. The molecule has 152 valence electrons. The summed E-state index contributed by atoms with van der Waals surface area (Å²) in [6.07, 6.45) is 12.1. The van der Waals surface area contributed by atoms with Crippen molar-refractivity contribution >= 4 is 22.6 Å². The number of rotatable bonds is 9. The quantitative estimate of drug-likeness (QED) is 0.440. The van der Waals surface area contributed by atoms with E-state index in [1.165, 1.54) is 0 Å². The molecule has 0 aliphatic carbocycles. The lowest BCUT2D eigenvalue weighted by molar-refractivity contribution is -0.141. The van der Waals surface area contributed by atoms with Crippen molar-refractivity contribution in [3.63, 3.8) is 0 Å². The van der Waals surface area contributed by atoms with Crippen LogP contribution in [0, 0.1) is 5.92 Å². The van der Waals surface area contributed by atoms with Gasteiger partial charge in [-0.15, -0.1) is 0 Å². The van der Waals surface area contributed by atoms with E-state index in [4.69, 9.17) is 0 Å². The van der Waals surface area contributed by atoms with Crippen LogP contribution < -0.4 is 0 Å². The first kappa shape index (κ1) is 19.4. The van der Waals surface area contributed by atoms with E-state index < -0.39 is 0 Å². The number of aromatic amines is 1. The minimum Gasteiger partial charge on any atom is -0.361 e. The van der Waals surface area contributed by atoms with Crippen LogP contribution in [0.4, 0.5) is 0 Å². The summed E-state index contributed by atoms with van der Waals surface area (Å²) in [7, 11) is 0. The molecule has 1 N–H and O–H groups in total. The summed E-state index contributed by atoms with van der Waals surface area (Å²) in [4.78, 5) is 34.9. The Morgan fingerprint density at radius 1 is 1.10 bits per heavy atom. The van der Waals surface area contributed by atoms with Crippen LogP contribution in [0.15, 0.2) is 49.2 Å². The average Bonchev–Trinajstić information content (AvgIpc) is 3.45. The standard InChI is InChI=1S/C23H28N4O2/c1-2-3-4-6-19-21(18-7-8-20-17(15-18)9-10-25-20)27(23(29)22(19)28)13-5-12-26-14-11-24-16-26/h7-11,14-16,19,21,25H,2-6,12-13H2,1H3. The van der Waals surface area contributed by atoms with E-state index in [0.29, 0.717) is 6.54 Å². The van der Waals surface area contributed by atoms with Crippen LogP contribution >= 0.6 is 0 Å². The molecule has 4 rings (SSSR count). The molecule has 1 aliphatic heterocycles. The highest BCUT2D eigenvalue weighted by atomic mass is 16.2. The Morgan fingerprint density at radius 2 is 2.00 bits per heavy atom. The number of carbonyl (C=O) groups is 2. The maximum atomic E-state index is 12.9. The third kappa shape index (κ3) is 3.97. The highest BCUT2D eigenvalue weighted by Crippen LogP contribution is 2.40. The number of hydrogen-bond donors (Lipinski definition) is 1. The fourth-order valence-corrected chi connectivity index (χ4v) is 4.44. The molecule has 0 radical (unpaired) electrons. The number of hydrogen-bond acceptors (Lipinski definition) is 3. The number of aromatic nitrogens is 3. The van der Waals surface area contributed by atoms with E-state index in [9.17, 15) is 9.59 Å². The Bertz CT molecular complexity index is 976. The van der Waals surface area contributed by atoms with Crippen molar-refractivity contribution in [2.75, 3.05) is 6.54 Å². The second-order valence-corrected chi connectivity index (χ2v) is 7.89.